The first-order valence-corrected chi connectivity index (χ1v) is 8.32. The summed E-state index contributed by atoms with van der Waals surface area (Å²) >= 11 is 11.9. The van der Waals surface area contributed by atoms with Gasteiger partial charge < -0.3 is 4.42 Å². The molecule has 0 aliphatic carbocycles. The van der Waals surface area contributed by atoms with Crippen molar-refractivity contribution in [2.75, 3.05) is 5.32 Å². The Labute approximate surface area is 155 Å². The summed E-state index contributed by atoms with van der Waals surface area (Å²) in [5.41, 5.74) is 3.70. The molecule has 128 valence electrons. The monoisotopic (exact) mass is 375 g/mol. The van der Waals surface area contributed by atoms with E-state index in [1.807, 2.05) is 32.0 Å². The van der Waals surface area contributed by atoms with Crippen molar-refractivity contribution in [1.29, 1.82) is 0 Å². The predicted octanol–water partition coefficient (Wildman–Crippen LogP) is 4.84. The number of halogens is 2. The van der Waals surface area contributed by atoms with Crippen LogP contribution < -0.4 is 5.32 Å². The Morgan fingerprint density at radius 3 is 2.52 bits per heavy atom. The minimum Gasteiger partial charge on any atom is -0.403 e. The highest BCUT2D eigenvalue weighted by molar-refractivity contribution is 6.35. The van der Waals surface area contributed by atoms with Crippen LogP contribution in [-0.4, -0.2) is 16.1 Å². The second kappa shape index (κ2) is 7.25. The van der Waals surface area contributed by atoms with Gasteiger partial charge in [-0.1, -0.05) is 52.1 Å². The molecule has 1 amide bonds. The van der Waals surface area contributed by atoms with E-state index in [4.69, 9.17) is 27.6 Å². The molecule has 1 heterocycles. The summed E-state index contributed by atoms with van der Waals surface area (Å²) in [4.78, 5) is 12.2. The minimum atomic E-state index is -0.229. The number of carbonyl (C=O) groups is 1. The van der Waals surface area contributed by atoms with E-state index in [9.17, 15) is 4.79 Å². The van der Waals surface area contributed by atoms with Crippen LogP contribution in [0.15, 0.2) is 40.8 Å². The maximum Gasteiger partial charge on any atom is 0.322 e. The topological polar surface area (TPSA) is 68.0 Å². The lowest BCUT2D eigenvalue weighted by Gasteiger charge is -2.06. The van der Waals surface area contributed by atoms with E-state index in [2.05, 4.69) is 15.5 Å². The number of carbonyl (C=O) groups excluding carboxylic acids is 1. The summed E-state index contributed by atoms with van der Waals surface area (Å²) < 4.78 is 5.47. The number of aryl methyl sites for hydroxylation is 2. The van der Waals surface area contributed by atoms with Crippen LogP contribution >= 0.6 is 23.2 Å². The van der Waals surface area contributed by atoms with Gasteiger partial charge in [0.1, 0.15) is 0 Å². The SMILES string of the molecule is Cc1ccc(C)c(CC(=O)Nc2nnc(-c3cc(Cl)cc(Cl)c3)o2)c1. The fraction of sp³-hybridized carbons (Fsp3) is 0.167. The molecule has 5 nitrogen and oxygen atoms in total. The summed E-state index contributed by atoms with van der Waals surface area (Å²) in [5.74, 6) is -0.000498. The van der Waals surface area contributed by atoms with Crippen molar-refractivity contribution >= 4 is 35.1 Å². The maximum atomic E-state index is 12.2. The van der Waals surface area contributed by atoms with E-state index >= 15 is 0 Å². The Kier molecular flexibility index (Phi) is 5.06. The van der Waals surface area contributed by atoms with Gasteiger partial charge in [0.25, 0.3) is 0 Å². The molecule has 1 N–H and O–H groups in total. The first kappa shape index (κ1) is 17.5. The van der Waals surface area contributed by atoms with Crippen LogP contribution in [0.5, 0.6) is 0 Å². The predicted molar refractivity (Wildman–Crippen MR) is 98.0 cm³/mol. The Morgan fingerprint density at radius 2 is 1.80 bits per heavy atom. The number of hydrogen-bond donors (Lipinski definition) is 1. The number of nitrogens with one attached hydrogen (secondary N) is 1. The van der Waals surface area contributed by atoms with Gasteiger partial charge in [-0.05, 0) is 43.2 Å². The Bertz CT molecular complexity index is 918. The van der Waals surface area contributed by atoms with Gasteiger partial charge in [0, 0.05) is 15.6 Å². The van der Waals surface area contributed by atoms with E-state index in [0.29, 0.717) is 15.6 Å². The van der Waals surface area contributed by atoms with E-state index in [-0.39, 0.29) is 24.2 Å². The van der Waals surface area contributed by atoms with Gasteiger partial charge in [0.15, 0.2) is 0 Å². The maximum absolute atomic E-state index is 12.2. The van der Waals surface area contributed by atoms with Crippen molar-refractivity contribution in [2.24, 2.45) is 0 Å². The molecule has 0 aliphatic rings. The summed E-state index contributed by atoms with van der Waals surface area (Å²) in [6.07, 6.45) is 0.230. The molecule has 2 aromatic carbocycles. The summed E-state index contributed by atoms with van der Waals surface area (Å²) in [5, 5.41) is 11.3. The van der Waals surface area contributed by atoms with Gasteiger partial charge in [0.05, 0.1) is 6.42 Å². The van der Waals surface area contributed by atoms with Gasteiger partial charge in [-0.25, -0.2) is 0 Å². The fourth-order valence-electron chi connectivity index (χ4n) is 2.39. The van der Waals surface area contributed by atoms with Crippen molar-refractivity contribution < 1.29 is 9.21 Å². The lowest BCUT2D eigenvalue weighted by atomic mass is 10.0. The summed E-state index contributed by atoms with van der Waals surface area (Å²) in [6.45, 7) is 3.96. The third-order valence-corrected chi connectivity index (χ3v) is 4.07. The Hall–Kier alpha value is -2.37. The van der Waals surface area contributed by atoms with Crippen LogP contribution in [0.1, 0.15) is 16.7 Å². The van der Waals surface area contributed by atoms with E-state index in [1.54, 1.807) is 18.2 Å². The molecule has 0 atom stereocenters. The molecule has 25 heavy (non-hydrogen) atoms. The third kappa shape index (κ3) is 4.38. The Balaban J connectivity index is 1.72. The average molecular weight is 376 g/mol. The number of amides is 1. The van der Waals surface area contributed by atoms with Crippen LogP contribution in [0.25, 0.3) is 11.5 Å². The molecule has 3 aromatic rings. The van der Waals surface area contributed by atoms with Gasteiger partial charge >= 0.3 is 6.01 Å². The largest absolute Gasteiger partial charge is 0.403 e. The number of benzene rings is 2. The molecule has 3 rings (SSSR count). The quantitative estimate of drug-likeness (QED) is 0.707. The number of anilines is 1. The smallest absolute Gasteiger partial charge is 0.322 e. The van der Waals surface area contributed by atoms with Crippen molar-refractivity contribution in [2.45, 2.75) is 20.3 Å². The molecule has 0 unspecified atom stereocenters. The van der Waals surface area contributed by atoms with Crippen LogP contribution in [0.3, 0.4) is 0 Å². The molecule has 0 spiro atoms. The molecular weight excluding hydrogens is 361 g/mol. The first-order valence-electron chi connectivity index (χ1n) is 7.56. The van der Waals surface area contributed by atoms with Gasteiger partial charge in [0.2, 0.25) is 11.8 Å². The average Bonchev–Trinajstić information content (AvgIpc) is 2.98. The van der Waals surface area contributed by atoms with E-state index in [0.717, 1.165) is 16.7 Å². The highest BCUT2D eigenvalue weighted by atomic mass is 35.5. The normalized spacial score (nSPS) is 10.7. The lowest BCUT2D eigenvalue weighted by Crippen LogP contribution is -2.15. The summed E-state index contributed by atoms with van der Waals surface area (Å²) in [7, 11) is 0. The van der Waals surface area contributed by atoms with Crippen LogP contribution in [-0.2, 0) is 11.2 Å². The summed E-state index contributed by atoms with van der Waals surface area (Å²) in [6, 6.07) is 10.9. The zero-order valence-corrected chi connectivity index (χ0v) is 15.1. The van der Waals surface area contributed by atoms with Crippen LogP contribution in [0.2, 0.25) is 10.0 Å². The molecule has 0 fully saturated rings. The molecule has 0 bridgehead atoms. The van der Waals surface area contributed by atoms with Crippen molar-refractivity contribution in [3.8, 4) is 11.5 Å². The second-order valence-electron chi connectivity index (χ2n) is 5.73. The first-order chi connectivity index (χ1) is 11.9. The Morgan fingerprint density at radius 1 is 1.08 bits per heavy atom. The number of rotatable bonds is 4. The molecule has 0 radical (unpaired) electrons. The molecule has 7 heteroatoms. The zero-order chi connectivity index (χ0) is 18.0. The highest BCUT2D eigenvalue weighted by Crippen LogP contribution is 2.27. The van der Waals surface area contributed by atoms with E-state index < -0.39 is 0 Å². The molecule has 0 aliphatic heterocycles. The van der Waals surface area contributed by atoms with E-state index in [1.165, 1.54) is 0 Å². The lowest BCUT2D eigenvalue weighted by molar-refractivity contribution is -0.115. The fourth-order valence-corrected chi connectivity index (χ4v) is 2.92. The molecule has 0 saturated heterocycles. The number of aromatic nitrogens is 2. The van der Waals surface area contributed by atoms with Crippen molar-refractivity contribution in [1.82, 2.24) is 10.2 Å². The van der Waals surface area contributed by atoms with Crippen LogP contribution in [0, 0.1) is 13.8 Å². The van der Waals surface area contributed by atoms with Gasteiger partial charge in [-0.2, -0.15) is 0 Å². The molecular formula is C18H15Cl2N3O2. The van der Waals surface area contributed by atoms with Crippen molar-refractivity contribution in [3.63, 3.8) is 0 Å². The minimum absolute atomic E-state index is 0.0291. The number of nitrogens with zero attached hydrogens (tertiary/aromatic N) is 2. The molecule has 0 saturated carbocycles. The standard InChI is InChI=1S/C18H15Cl2N3O2/c1-10-3-4-11(2)12(5-10)8-16(24)21-18-23-22-17(25-18)13-6-14(19)9-15(20)7-13/h3-7,9H,8H2,1-2H3,(H,21,23,24). The van der Waals surface area contributed by atoms with Gasteiger partial charge in [-0.3, -0.25) is 10.1 Å². The second-order valence-corrected chi connectivity index (χ2v) is 6.60. The third-order valence-electron chi connectivity index (χ3n) is 3.64. The highest BCUT2D eigenvalue weighted by Gasteiger charge is 2.13. The zero-order valence-electron chi connectivity index (χ0n) is 13.6. The van der Waals surface area contributed by atoms with Crippen molar-refractivity contribution in [3.05, 3.63) is 63.1 Å². The van der Waals surface area contributed by atoms with Crippen LogP contribution in [0.4, 0.5) is 6.01 Å². The van der Waals surface area contributed by atoms with Gasteiger partial charge in [-0.15, -0.1) is 5.10 Å². The molecule has 1 aromatic heterocycles. The number of hydrogen-bond acceptors (Lipinski definition) is 4.